The fourth-order valence-electron chi connectivity index (χ4n) is 2.62. The summed E-state index contributed by atoms with van der Waals surface area (Å²) in [6.07, 6.45) is 17.9. The Morgan fingerprint density at radius 3 is 1.00 bits per heavy atom. The average molecular weight is 464 g/mol. The van der Waals surface area contributed by atoms with E-state index in [2.05, 4.69) is 20.8 Å². The SMILES string of the molecule is CCCCC[CH2][Bi]([CH2]CCCCC)[CH2]CCCCC. The number of rotatable bonds is 15. The molecule has 0 amide bonds. The first-order valence-corrected chi connectivity index (χ1v) is 16.4. The Morgan fingerprint density at radius 1 is 0.421 bits per heavy atom. The maximum absolute atomic E-state index is 2.33. The molecule has 0 nitrogen and oxygen atoms in total. The van der Waals surface area contributed by atoms with E-state index in [0.717, 1.165) is 0 Å². The quantitative estimate of drug-likeness (QED) is 0.177. The number of hydrogen-bond donors (Lipinski definition) is 0. The summed E-state index contributed by atoms with van der Waals surface area (Å²) < 4.78 is 5.15. The number of hydrogen-bond acceptors (Lipinski definition) is 0. The van der Waals surface area contributed by atoms with Crippen LogP contribution in [-0.2, 0) is 0 Å². The molecule has 0 saturated heterocycles. The monoisotopic (exact) mass is 464 g/mol. The molecule has 0 rings (SSSR count). The zero-order valence-corrected chi connectivity index (χ0v) is 17.5. The summed E-state index contributed by atoms with van der Waals surface area (Å²) in [4.78, 5) is 0. The van der Waals surface area contributed by atoms with Crippen molar-refractivity contribution in [3.63, 3.8) is 0 Å². The van der Waals surface area contributed by atoms with Crippen LogP contribution < -0.4 is 0 Å². The first-order valence-electron chi connectivity index (χ1n) is 9.07. The van der Waals surface area contributed by atoms with Crippen molar-refractivity contribution in [3.8, 4) is 0 Å². The molecule has 0 radical (unpaired) electrons. The van der Waals surface area contributed by atoms with Gasteiger partial charge in [-0.25, -0.2) is 0 Å². The predicted molar refractivity (Wildman–Crippen MR) is 92.6 cm³/mol. The molecule has 19 heavy (non-hydrogen) atoms. The number of unbranched alkanes of at least 4 members (excludes halogenated alkanes) is 9. The van der Waals surface area contributed by atoms with Crippen molar-refractivity contribution >= 4 is 21.8 Å². The fourth-order valence-corrected chi connectivity index (χ4v) is 13.1. The second kappa shape index (κ2) is 16.9. The molecule has 0 fully saturated rings. The van der Waals surface area contributed by atoms with E-state index in [4.69, 9.17) is 0 Å². The van der Waals surface area contributed by atoms with E-state index in [1.807, 2.05) is 0 Å². The molecule has 0 heterocycles. The minimum absolute atomic E-state index is 1.02. The molecular weight excluding hydrogens is 425 g/mol. The van der Waals surface area contributed by atoms with Gasteiger partial charge in [0.15, 0.2) is 0 Å². The molecule has 0 unspecified atom stereocenters. The standard InChI is InChI=1S/3C6H13.Bi/c3*1-3-5-6-4-2;/h3*1,3-6H2,2H3;. The van der Waals surface area contributed by atoms with Gasteiger partial charge in [-0.2, -0.15) is 0 Å². The van der Waals surface area contributed by atoms with Gasteiger partial charge in [-0.1, -0.05) is 0 Å². The Morgan fingerprint density at radius 2 is 0.737 bits per heavy atom. The molecule has 0 atom stereocenters. The van der Waals surface area contributed by atoms with E-state index >= 15 is 0 Å². The van der Waals surface area contributed by atoms with Gasteiger partial charge in [-0.15, -0.1) is 0 Å². The van der Waals surface area contributed by atoms with Gasteiger partial charge in [0.25, 0.3) is 0 Å². The van der Waals surface area contributed by atoms with Crippen LogP contribution in [0, 0.1) is 0 Å². The van der Waals surface area contributed by atoms with Crippen LogP contribution in [0.1, 0.15) is 97.8 Å². The van der Waals surface area contributed by atoms with Gasteiger partial charge in [-0.05, 0) is 0 Å². The van der Waals surface area contributed by atoms with Gasteiger partial charge < -0.3 is 0 Å². The van der Waals surface area contributed by atoms with Crippen LogP contribution >= 0.6 is 0 Å². The first kappa shape index (κ1) is 19.9. The van der Waals surface area contributed by atoms with Crippen molar-refractivity contribution in [2.75, 3.05) is 0 Å². The van der Waals surface area contributed by atoms with Crippen molar-refractivity contribution in [2.45, 2.75) is 110 Å². The minimum atomic E-state index is -1.02. The van der Waals surface area contributed by atoms with Crippen LogP contribution in [0.15, 0.2) is 0 Å². The van der Waals surface area contributed by atoms with Crippen molar-refractivity contribution in [3.05, 3.63) is 0 Å². The third-order valence-electron chi connectivity index (χ3n) is 3.98. The van der Waals surface area contributed by atoms with Crippen LogP contribution in [0.25, 0.3) is 0 Å². The van der Waals surface area contributed by atoms with Gasteiger partial charge in [-0.3, -0.25) is 0 Å². The van der Waals surface area contributed by atoms with Gasteiger partial charge in [0, 0.05) is 0 Å². The van der Waals surface area contributed by atoms with Crippen molar-refractivity contribution < 1.29 is 0 Å². The zero-order chi connectivity index (χ0) is 14.2. The van der Waals surface area contributed by atoms with Gasteiger partial charge >= 0.3 is 132 Å². The summed E-state index contributed by atoms with van der Waals surface area (Å²) in [6, 6.07) is 0. The summed E-state index contributed by atoms with van der Waals surface area (Å²) in [7, 11) is 0. The van der Waals surface area contributed by atoms with Crippen molar-refractivity contribution in [2.24, 2.45) is 0 Å². The first-order chi connectivity index (χ1) is 9.35. The maximum atomic E-state index is 2.33. The molecule has 0 aromatic rings. The van der Waals surface area contributed by atoms with Crippen molar-refractivity contribution in [1.29, 1.82) is 0 Å². The van der Waals surface area contributed by atoms with Crippen LogP contribution in [0.2, 0.25) is 12.4 Å². The Labute approximate surface area is 131 Å². The second-order valence-electron chi connectivity index (χ2n) is 6.02. The predicted octanol–water partition coefficient (Wildman–Crippen LogP) is 7.22. The second-order valence-corrected chi connectivity index (χ2v) is 16.5. The molecule has 0 aromatic heterocycles. The van der Waals surface area contributed by atoms with E-state index in [9.17, 15) is 0 Å². The summed E-state index contributed by atoms with van der Waals surface area (Å²) in [5, 5.41) is 0. The molecule has 116 valence electrons. The van der Waals surface area contributed by atoms with E-state index in [-0.39, 0.29) is 0 Å². The van der Waals surface area contributed by atoms with E-state index in [1.54, 1.807) is 31.6 Å². The molecule has 0 bridgehead atoms. The molecule has 0 N–H and O–H groups in total. The third-order valence-corrected chi connectivity index (χ3v) is 15.0. The summed E-state index contributed by atoms with van der Waals surface area (Å²) in [5.74, 6) is 0. The summed E-state index contributed by atoms with van der Waals surface area (Å²) >= 11 is -1.02. The Balaban J connectivity index is 3.66. The normalized spacial score (nSPS) is 11.4. The van der Waals surface area contributed by atoms with Crippen molar-refractivity contribution in [1.82, 2.24) is 0 Å². The topological polar surface area (TPSA) is 0 Å². The van der Waals surface area contributed by atoms with Crippen LogP contribution in [0.3, 0.4) is 0 Å². The molecule has 1 heteroatoms. The van der Waals surface area contributed by atoms with Crippen LogP contribution in [-0.4, -0.2) is 21.8 Å². The molecule has 0 aliphatic rings. The fraction of sp³-hybridized carbons (Fsp3) is 1.00. The van der Waals surface area contributed by atoms with E-state index in [1.165, 1.54) is 57.8 Å². The van der Waals surface area contributed by atoms with E-state index < -0.39 is 21.8 Å². The van der Waals surface area contributed by atoms with Crippen LogP contribution in [0.4, 0.5) is 0 Å². The zero-order valence-electron chi connectivity index (χ0n) is 14.1. The van der Waals surface area contributed by atoms with E-state index in [0.29, 0.717) is 0 Å². The average Bonchev–Trinajstić information content (AvgIpc) is 2.43. The summed E-state index contributed by atoms with van der Waals surface area (Å²) in [5.41, 5.74) is 0. The van der Waals surface area contributed by atoms with Crippen LogP contribution in [0.5, 0.6) is 0 Å². The Bertz CT molecular complexity index is 127. The molecular formula is C18H39Bi. The van der Waals surface area contributed by atoms with Gasteiger partial charge in [0.2, 0.25) is 0 Å². The Hall–Kier alpha value is 0.883. The van der Waals surface area contributed by atoms with Gasteiger partial charge in [0.1, 0.15) is 0 Å². The molecule has 0 aliphatic carbocycles. The third kappa shape index (κ3) is 15.1. The molecule has 0 aromatic carbocycles. The summed E-state index contributed by atoms with van der Waals surface area (Å²) in [6.45, 7) is 6.99. The molecule has 0 saturated carbocycles. The van der Waals surface area contributed by atoms with Gasteiger partial charge in [0.05, 0.1) is 0 Å². The molecule has 0 aliphatic heterocycles. The Kier molecular flexibility index (Phi) is 17.7. The molecule has 0 spiro atoms.